The summed E-state index contributed by atoms with van der Waals surface area (Å²) in [7, 11) is 0. The second-order valence-electron chi connectivity index (χ2n) is 7.61. The SMILES string of the molecule is Cc1ccc(-c2c(Cl)cc(F)cc2Cl)c2c1CCCO2.O=C(O)CNC(=O)c1c(Cl)cccc1Cl. The molecule has 3 aromatic rings. The molecular weight excluding hydrogens is 539 g/mol. The van der Waals surface area contributed by atoms with Crippen molar-refractivity contribution < 1.29 is 23.8 Å². The van der Waals surface area contributed by atoms with E-state index in [0.29, 0.717) is 22.2 Å². The number of amides is 1. The van der Waals surface area contributed by atoms with Crippen molar-refractivity contribution in [2.45, 2.75) is 19.8 Å². The molecule has 0 fully saturated rings. The monoisotopic (exact) mass is 557 g/mol. The second-order valence-corrected chi connectivity index (χ2v) is 9.24. The van der Waals surface area contributed by atoms with E-state index in [2.05, 4.69) is 12.2 Å². The molecule has 35 heavy (non-hydrogen) atoms. The van der Waals surface area contributed by atoms with Crippen LogP contribution in [0.25, 0.3) is 11.1 Å². The minimum atomic E-state index is -1.13. The molecule has 0 saturated carbocycles. The molecule has 1 aliphatic heterocycles. The number of hydrogen-bond acceptors (Lipinski definition) is 3. The lowest BCUT2D eigenvalue weighted by atomic mass is 9.94. The van der Waals surface area contributed by atoms with Crippen molar-refractivity contribution in [3.8, 4) is 16.9 Å². The van der Waals surface area contributed by atoms with Crippen LogP contribution in [0.4, 0.5) is 4.39 Å². The Morgan fingerprint density at radius 1 is 1.03 bits per heavy atom. The number of aryl methyl sites for hydroxylation is 1. The van der Waals surface area contributed by atoms with Crippen LogP contribution in [0.5, 0.6) is 5.75 Å². The predicted octanol–water partition coefficient (Wildman–Crippen LogP) is 7.24. The Balaban J connectivity index is 0.000000205. The maximum atomic E-state index is 13.3. The third-order valence-electron chi connectivity index (χ3n) is 5.18. The van der Waals surface area contributed by atoms with E-state index in [1.54, 1.807) is 6.07 Å². The van der Waals surface area contributed by atoms with Crippen LogP contribution in [-0.4, -0.2) is 30.1 Å². The lowest BCUT2D eigenvalue weighted by Crippen LogP contribution is -2.29. The van der Waals surface area contributed by atoms with Gasteiger partial charge in [0.2, 0.25) is 0 Å². The van der Waals surface area contributed by atoms with Crippen LogP contribution in [-0.2, 0) is 11.2 Å². The summed E-state index contributed by atoms with van der Waals surface area (Å²) >= 11 is 23.8. The van der Waals surface area contributed by atoms with Gasteiger partial charge in [0.25, 0.3) is 5.91 Å². The number of nitrogens with one attached hydrogen (secondary N) is 1. The number of carbonyl (C=O) groups is 2. The average Bonchev–Trinajstić information content (AvgIpc) is 2.79. The number of benzene rings is 3. The maximum Gasteiger partial charge on any atom is 0.322 e. The van der Waals surface area contributed by atoms with Crippen molar-refractivity contribution in [3.63, 3.8) is 0 Å². The van der Waals surface area contributed by atoms with Crippen LogP contribution >= 0.6 is 46.4 Å². The summed E-state index contributed by atoms with van der Waals surface area (Å²) in [5.74, 6) is -1.35. The summed E-state index contributed by atoms with van der Waals surface area (Å²) in [5, 5.41) is 11.5. The van der Waals surface area contributed by atoms with E-state index >= 15 is 0 Å². The van der Waals surface area contributed by atoms with Crippen molar-refractivity contribution >= 4 is 58.3 Å². The zero-order chi connectivity index (χ0) is 25.7. The first-order valence-corrected chi connectivity index (χ1v) is 12.0. The quantitative estimate of drug-likeness (QED) is 0.354. The molecule has 4 rings (SSSR count). The van der Waals surface area contributed by atoms with E-state index < -0.39 is 24.2 Å². The highest BCUT2D eigenvalue weighted by Gasteiger charge is 2.21. The molecule has 0 atom stereocenters. The third kappa shape index (κ3) is 6.58. The predicted molar refractivity (Wildman–Crippen MR) is 137 cm³/mol. The van der Waals surface area contributed by atoms with Gasteiger partial charge >= 0.3 is 5.97 Å². The highest BCUT2D eigenvalue weighted by molar-refractivity contribution is 6.40. The molecule has 184 valence electrons. The van der Waals surface area contributed by atoms with E-state index in [0.717, 1.165) is 24.2 Å². The lowest BCUT2D eigenvalue weighted by molar-refractivity contribution is -0.135. The van der Waals surface area contributed by atoms with Gasteiger partial charge in [-0.15, -0.1) is 0 Å². The highest BCUT2D eigenvalue weighted by Crippen LogP contribution is 2.44. The Labute approximate surface area is 221 Å². The van der Waals surface area contributed by atoms with Gasteiger partial charge in [0.1, 0.15) is 18.1 Å². The Morgan fingerprint density at radius 3 is 2.26 bits per heavy atom. The number of rotatable bonds is 4. The van der Waals surface area contributed by atoms with Crippen molar-refractivity contribution in [2.75, 3.05) is 13.2 Å². The van der Waals surface area contributed by atoms with Gasteiger partial charge in [-0.3, -0.25) is 9.59 Å². The first kappa shape index (κ1) is 27.1. The van der Waals surface area contributed by atoms with Crippen LogP contribution in [0.15, 0.2) is 42.5 Å². The molecule has 0 aromatic heterocycles. The molecule has 0 aliphatic carbocycles. The fourth-order valence-corrected chi connectivity index (χ4v) is 4.81. The summed E-state index contributed by atoms with van der Waals surface area (Å²) < 4.78 is 19.1. The number of ether oxygens (including phenoxy) is 1. The fraction of sp³-hybridized carbons (Fsp3) is 0.200. The van der Waals surface area contributed by atoms with Gasteiger partial charge in [-0.25, -0.2) is 4.39 Å². The van der Waals surface area contributed by atoms with Gasteiger partial charge in [-0.2, -0.15) is 0 Å². The van der Waals surface area contributed by atoms with Crippen molar-refractivity contribution in [1.29, 1.82) is 0 Å². The smallest absolute Gasteiger partial charge is 0.322 e. The lowest BCUT2D eigenvalue weighted by Gasteiger charge is -2.23. The number of halogens is 5. The minimum absolute atomic E-state index is 0.0853. The van der Waals surface area contributed by atoms with Crippen LogP contribution in [0.3, 0.4) is 0 Å². The van der Waals surface area contributed by atoms with Crippen LogP contribution in [0.1, 0.15) is 27.9 Å². The van der Waals surface area contributed by atoms with Gasteiger partial charge in [0.05, 0.1) is 32.3 Å². The van der Waals surface area contributed by atoms with Gasteiger partial charge in [-0.1, -0.05) is 64.6 Å². The summed E-state index contributed by atoms with van der Waals surface area (Å²) in [6.45, 7) is 2.27. The highest BCUT2D eigenvalue weighted by atomic mass is 35.5. The zero-order valence-corrected chi connectivity index (χ0v) is 21.5. The van der Waals surface area contributed by atoms with E-state index in [9.17, 15) is 14.0 Å². The summed E-state index contributed by atoms with van der Waals surface area (Å²) in [6, 6.07) is 11.1. The number of carboxylic acid groups (broad SMARTS) is 1. The molecule has 2 N–H and O–H groups in total. The first-order chi connectivity index (χ1) is 16.6. The molecule has 0 unspecified atom stereocenters. The molecule has 0 bridgehead atoms. The topological polar surface area (TPSA) is 75.6 Å². The van der Waals surface area contributed by atoms with Gasteiger partial charge in [0, 0.05) is 11.1 Å². The average molecular weight is 559 g/mol. The molecule has 5 nitrogen and oxygen atoms in total. The van der Waals surface area contributed by atoms with Crippen molar-refractivity contribution in [3.05, 3.63) is 85.1 Å². The molecule has 3 aromatic carbocycles. The third-order valence-corrected chi connectivity index (χ3v) is 6.40. The van der Waals surface area contributed by atoms with E-state index in [1.807, 2.05) is 12.1 Å². The van der Waals surface area contributed by atoms with E-state index in [1.165, 1.54) is 35.4 Å². The Kier molecular flexibility index (Phi) is 9.25. The van der Waals surface area contributed by atoms with Gasteiger partial charge in [-0.05, 0) is 55.2 Å². The van der Waals surface area contributed by atoms with Crippen LogP contribution < -0.4 is 10.1 Å². The molecular formula is C25H20Cl4FNO4. The molecule has 1 amide bonds. The van der Waals surface area contributed by atoms with E-state index in [4.69, 9.17) is 56.2 Å². The normalized spacial score (nSPS) is 12.1. The first-order valence-electron chi connectivity index (χ1n) is 10.4. The molecule has 1 heterocycles. The molecule has 0 spiro atoms. The number of carbonyl (C=O) groups excluding carboxylic acids is 1. The number of aliphatic carboxylic acids is 1. The molecule has 0 radical (unpaired) electrons. The Bertz CT molecular complexity index is 1240. The fourth-order valence-electron chi connectivity index (χ4n) is 3.58. The van der Waals surface area contributed by atoms with Crippen molar-refractivity contribution in [2.24, 2.45) is 0 Å². The molecule has 10 heteroatoms. The van der Waals surface area contributed by atoms with Crippen LogP contribution in [0.2, 0.25) is 20.1 Å². The standard InChI is InChI=1S/C16H13Cl2FO.C9H7Cl2NO3/c1-9-4-5-12(16-11(9)3-2-6-20-16)15-13(17)7-10(19)8-14(15)18;10-5-2-1-3-6(11)8(5)9(15)12-4-7(13)14/h4-5,7-8H,2-3,6H2,1H3;1-3H,4H2,(H,12,15)(H,13,14). The largest absolute Gasteiger partial charge is 0.493 e. The van der Waals surface area contributed by atoms with E-state index in [-0.39, 0.29) is 15.6 Å². The minimum Gasteiger partial charge on any atom is -0.493 e. The summed E-state index contributed by atoms with van der Waals surface area (Å²) in [4.78, 5) is 21.7. The van der Waals surface area contributed by atoms with Gasteiger partial charge in [0.15, 0.2) is 0 Å². The molecule has 1 aliphatic rings. The van der Waals surface area contributed by atoms with Crippen molar-refractivity contribution in [1.82, 2.24) is 5.32 Å². The Hall–Kier alpha value is -2.51. The number of carboxylic acids is 1. The number of hydrogen-bond donors (Lipinski definition) is 2. The molecule has 0 saturated heterocycles. The van der Waals surface area contributed by atoms with Crippen LogP contribution in [0, 0.1) is 12.7 Å². The maximum absolute atomic E-state index is 13.3. The van der Waals surface area contributed by atoms with Gasteiger partial charge < -0.3 is 15.2 Å². The second kappa shape index (κ2) is 12.0. The Morgan fingerprint density at radius 2 is 1.66 bits per heavy atom. The zero-order valence-electron chi connectivity index (χ0n) is 18.4. The summed E-state index contributed by atoms with van der Waals surface area (Å²) in [6.07, 6.45) is 1.98. The number of fused-ring (bicyclic) bond motifs is 1. The summed E-state index contributed by atoms with van der Waals surface area (Å²) in [5.41, 5.74) is 3.93.